The maximum Gasteiger partial charge on any atom is 0.355 e. The van der Waals surface area contributed by atoms with Gasteiger partial charge in [0.1, 0.15) is 0 Å². The Balaban J connectivity index is 3.99. The molecular formula is C7H11NO4. The molecule has 0 N–H and O–H groups in total. The Morgan fingerprint density at radius 3 is 2.33 bits per heavy atom. The van der Waals surface area contributed by atoms with E-state index in [4.69, 9.17) is 0 Å². The van der Waals surface area contributed by atoms with Crippen LogP contribution in [0.5, 0.6) is 0 Å². The normalized spacial score (nSPS) is 10.8. The SMILES string of the molecule is CCOC(=O)/C(C)=N/OC(C)=O. The van der Waals surface area contributed by atoms with Crippen molar-refractivity contribution in [1.29, 1.82) is 0 Å². The van der Waals surface area contributed by atoms with Crippen molar-refractivity contribution in [2.75, 3.05) is 6.61 Å². The van der Waals surface area contributed by atoms with Crippen LogP contribution in [0.1, 0.15) is 20.8 Å². The zero-order valence-corrected chi connectivity index (χ0v) is 7.29. The number of nitrogens with zero attached hydrogens (tertiary/aromatic N) is 1. The molecule has 0 aromatic heterocycles. The summed E-state index contributed by atoms with van der Waals surface area (Å²) in [5.41, 5.74) is 0.0204. The first kappa shape index (κ1) is 10.6. The Kier molecular flexibility index (Phi) is 4.67. The smallest absolute Gasteiger partial charge is 0.355 e. The molecule has 0 heterocycles. The van der Waals surface area contributed by atoms with E-state index < -0.39 is 11.9 Å². The topological polar surface area (TPSA) is 65.0 Å². The van der Waals surface area contributed by atoms with Crippen molar-refractivity contribution in [3.8, 4) is 0 Å². The summed E-state index contributed by atoms with van der Waals surface area (Å²) in [6, 6.07) is 0. The standard InChI is InChI=1S/C7H11NO4/c1-4-11-7(10)5(2)8-12-6(3)9/h4H2,1-3H3/b8-5+. The van der Waals surface area contributed by atoms with Crippen LogP contribution in [0, 0.1) is 0 Å². The highest BCUT2D eigenvalue weighted by atomic mass is 16.7. The van der Waals surface area contributed by atoms with Crippen LogP contribution in [0.2, 0.25) is 0 Å². The summed E-state index contributed by atoms with van der Waals surface area (Å²) in [7, 11) is 0. The van der Waals surface area contributed by atoms with Gasteiger partial charge in [-0.1, -0.05) is 5.16 Å². The van der Waals surface area contributed by atoms with Gasteiger partial charge in [0, 0.05) is 6.92 Å². The highest BCUT2D eigenvalue weighted by Crippen LogP contribution is 1.86. The fraction of sp³-hybridized carbons (Fsp3) is 0.571. The van der Waals surface area contributed by atoms with Crippen LogP contribution < -0.4 is 0 Å². The summed E-state index contributed by atoms with van der Waals surface area (Å²) in [4.78, 5) is 25.3. The molecule has 68 valence electrons. The first-order valence-corrected chi connectivity index (χ1v) is 3.47. The minimum absolute atomic E-state index is 0.0204. The first-order chi connectivity index (χ1) is 5.57. The minimum atomic E-state index is -0.584. The monoisotopic (exact) mass is 173 g/mol. The van der Waals surface area contributed by atoms with Crippen molar-refractivity contribution in [2.45, 2.75) is 20.8 Å². The van der Waals surface area contributed by atoms with Crippen molar-refractivity contribution in [1.82, 2.24) is 0 Å². The van der Waals surface area contributed by atoms with Gasteiger partial charge in [0.05, 0.1) is 6.61 Å². The third kappa shape index (κ3) is 4.43. The van der Waals surface area contributed by atoms with Gasteiger partial charge in [0.15, 0.2) is 5.71 Å². The Bertz CT molecular complexity index is 209. The van der Waals surface area contributed by atoms with Crippen LogP contribution in [0.4, 0.5) is 0 Å². The van der Waals surface area contributed by atoms with Gasteiger partial charge in [0.2, 0.25) is 0 Å². The lowest BCUT2D eigenvalue weighted by molar-refractivity contribution is -0.141. The van der Waals surface area contributed by atoms with Crippen LogP contribution in [0.15, 0.2) is 5.16 Å². The molecular weight excluding hydrogens is 162 g/mol. The van der Waals surface area contributed by atoms with Gasteiger partial charge in [-0.15, -0.1) is 0 Å². The number of carbonyl (C=O) groups excluding carboxylic acids is 2. The molecule has 0 saturated heterocycles. The second-order valence-electron chi connectivity index (χ2n) is 1.98. The van der Waals surface area contributed by atoms with Crippen LogP contribution in [-0.4, -0.2) is 24.3 Å². The number of hydrogen-bond donors (Lipinski definition) is 0. The number of esters is 1. The molecule has 0 atom stereocenters. The zero-order chi connectivity index (χ0) is 9.56. The van der Waals surface area contributed by atoms with E-state index in [1.807, 2.05) is 0 Å². The van der Waals surface area contributed by atoms with E-state index in [0.717, 1.165) is 0 Å². The lowest BCUT2D eigenvalue weighted by atomic mass is 10.4. The van der Waals surface area contributed by atoms with E-state index in [0.29, 0.717) is 0 Å². The second-order valence-corrected chi connectivity index (χ2v) is 1.98. The van der Waals surface area contributed by atoms with E-state index in [1.165, 1.54) is 13.8 Å². The molecule has 0 aromatic rings. The first-order valence-electron chi connectivity index (χ1n) is 3.47. The lowest BCUT2D eigenvalue weighted by Gasteiger charge is -1.98. The Hall–Kier alpha value is -1.39. The molecule has 0 spiro atoms. The summed E-state index contributed by atoms with van der Waals surface area (Å²) in [5, 5.41) is 3.23. The van der Waals surface area contributed by atoms with Crippen molar-refractivity contribution >= 4 is 17.7 Å². The van der Waals surface area contributed by atoms with Crippen LogP contribution in [0.25, 0.3) is 0 Å². The summed E-state index contributed by atoms with van der Waals surface area (Å²) in [5.74, 6) is -1.16. The summed E-state index contributed by atoms with van der Waals surface area (Å²) >= 11 is 0. The number of oxime groups is 1. The summed E-state index contributed by atoms with van der Waals surface area (Å²) in [6.45, 7) is 4.55. The molecule has 0 saturated carbocycles. The Labute approximate surface area is 70.3 Å². The molecule has 0 radical (unpaired) electrons. The number of ether oxygens (including phenoxy) is 1. The molecule has 5 heteroatoms. The van der Waals surface area contributed by atoms with Crippen molar-refractivity contribution in [3.05, 3.63) is 0 Å². The maximum absolute atomic E-state index is 10.8. The van der Waals surface area contributed by atoms with Crippen LogP contribution >= 0.6 is 0 Å². The van der Waals surface area contributed by atoms with Crippen LogP contribution in [-0.2, 0) is 19.2 Å². The lowest BCUT2D eigenvalue weighted by Crippen LogP contribution is -2.14. The Morgan fingerprint density at radius 2 is 1.92 bits per heavy atom. The van der Waals surface area contributed by atoms with Crippen molar-refractivity contribution < 1.29 is 19.2 Å². The predicted molar refractivity (Wildman–Crippen MR) is 41.5 cm³/mol. The molecule has 0 bridgehead atoms. The highest BCUT2D eigenvalue weighted by Gasteiger charge is 2.06. The Morgan fingerprint density at radius 1 is 1.33 bits per heavy atom. The van der Waals surface area contributed by atoms with E-state index in [9.17, 15) is 9.59 Å². The molecule has 0 aliphatic carbocycles. The van der Waals surface area contributed by atoms with E-state index >= 15 is 0 Å². The molecule has 5 nitrogen and oxygen atoms in total. The third-order valence-corrected chi connectivity index (χ3v) is 0.882. The molecule has 0 aromatic carbocycles. The summed E-state index contributed by atoms with van der Waals surface area (Å²) in [6.07, 6.45) is 0. The quantitative estimate of drug-likeness (QED) is 0.269. The molecule has 0 amide bonds. The molecule has 0 aliphatic heterocycles. The average molecular weight is 173 g/mol. The molecule has 12 heavy (non-hydrogen) atoms. The fourth-order valence-electron chi connectivity index (χ4n) is 0.406. The fourth-order valence-corrected chi connectivity index (χ4v) is 0.406. The van der Waals surface area contributed by atoms with E-state index in [1.54, 1.807) is 6.92 Å². The van der Waals surface area contributed by atoms with Gasteiger partial charge < -0.3 is 9.57 Å². The number of carbonyl (C=O) groups is 2. The minimum Gasteiger partial charge on any atom is -0.461 e. The van der Waals surface area contributed by atoms with Crippen LogP contribution in [0.3, 0.4) is 0 Å². The van der Waals surface area contributed by atoms with Gasteiger partial charge >= 0.3 is 11.9 Å². The number of hydrogen-bond acceptors (Lipinski definition) is 5. The van der Waals surface area contributed by atoms with Gasteiger partial charge in [0.25, 0.3) is 0 Å². The van der Waals surface area contributed by atoms with E-state index in [2.05, 4.69) is 14.7 Å². The zero-order valence-electron chi connectivity index (χ0n) is 7.29. The largest absolute Gasteiger partial charge is 0.461 e. The maximum atomic E-state index is 10.8. The summed E-state index contributed by atoms with van der Waals surface area (Å²) < 4.78 is 4.57. The van der Waals surface area contributed by atoms with Gasteiger partial charge in [-0.25, -0.2) is 9.59 Å². The van der Waals surface area contributed by atoms with Crippen molar-refractivity contribution in [2.24, 2.45) is 5.16 Å². The van der Waals surface area contributed by atoms with Gasteiger partial charge in [-0.3, -0.25) is 0 Å². The molecule has 0 unspecified atom stereocenters. The third-order valence-electron chi connectivity index (χ3n) is 0.882. The predicted octanol–water partition coefficient (Wildman–Crippen LogP) is 0.488. The van der Waals surface area contributed by atoms with E-state index in [-0.39, 0.29) is 12.3 Å². The van der Waals surface area contributed by atoms with Gasteiger partial charge in [-0.05, 0) is 13.8 Å². The average Bonchev–Trinajstić information content (AvgIpc) is 2.00. The second kappa shape index (κ2) is 5.29. The van der Waals surface area contributed by atoms with Gasteiger partial charge in [-0.2, -0.15) is 0 Å². The molecule has 0 fully saturated rings. The molecule has 0 aliphatic rings. The molecule has 0 rings (SSSR count). The highest BCUT2D eigenvalue weighted by molar-refractivity contribution is 6.35. The number of rotatable bonds is 3. The van der Waals surface area contributed by atoms with Crippen molar-refractivity contribution in [3.63, 3.8) is 0 Å².